The van der Waals surface area contributed by atoms with Gasteiger partial charge in [-0.2, -0.15) is 5.10 Å². The number of amides is 1. The Morgan fingerprint density at radius 3 is 2.75 bits per heavy atom. The van der Waals surface area contributed by atoms with E-state index in [2.05, 4.69) is 15.1 Å². The number of aromatic nitrogens is 4. The van der Waals surface area contributed by atoms with E-state index in [1.807, 2.05) is 29.2 Å². The van der Waals surface area contributed by atoms with Gasteiger partial charge in [-0.1, -0.05) is 23.7 Å². The number of benzene rings is 1. The van der Waals surface area contributed by atoms with Crippen LogP contribution < -0.4 is 5.73 Å². The summed E-state index contributed by atoms with van der Waals surface area (Å²) in [6.45, 7) is 1.31. The molecule has 0 unspecified atom stereocenters. The van der Waals surface area contributed by atoms with Gasteiger partial charge < -0.3 is 10.6 Å². The number of aryl methyl sites for hydroxylation is 1. The van der Waals surface area contributed by atoms with Gasteiger partial charge in [-0.15, -0.1) is 0 Å². The van der Waals surface area contributed by atoms with Gasteiger partial charge in [0.2, 0.25) is 5.95 Å². The van der Waals surface area contributed by atoms with Gasteiger partial charge in [0.25, 0.3) is 5.91 Å². The Labute approximate surface area is 168 Å². The molecular formula is C20H21ClN6O. The van der Waals surface area contributed by atoms with Crippen molar-refractivity contribution in [2.45, 2.75) is 18.8 Å². The van der Waals surface area contributed by atoms with Crippen LogP contribution in [-0.2, 0) is 7.05 Å². The van der Waals surface area contributed by atoms with Crippen LogP contribution in [-0.4, -0.2) is 43.6 Å². The van der Waals surface area contributed by atoms with Gasteiger partial charge in [0, 0.05) is 49.0 Å². The van der Waals surface area contributed by atoms with Crippen molar-refractivity contribution in [3.05, 3.63) is 59.1 Å². The molecular weight excluding hydrogens is 376 g/mol. The third-order valence-electron chi connectivity index (χ3n) is 5.04. The summed E-state index contributed by atoms with van der Waals surface area (Å²) >= 11 is 6.02. The molecule has 0 saturated carbocycles. The maximum atomic E-state index is 12.8. The lowest BCUT2D eigenvalue weighted by Crippen LogP contribution is -2.39. The Morgan fingerprint density at radius 1 is 1.25 bits per heavy atom. The minimum absolute atomic E-state index is 0.00660. The van der Waals surface area contributed by atoms with Crippen LogP contribution >= 0.6 is 11.6 Å². The molecule has 1 aromatic carbocycles. The largest absolute Gasteiger partial charge is 0.368 e. The number of rotatable bonds is 3. The highest BCUT2D eigenvalue weighted by molar-refractivity contribution is 6.30. The van der Waals surface area contributed by atoms with Crippen LogP contribution in [0.1, 0.15) is 34.8 Å². The molecule has 0 bridgehead atoms. The molecule has 0 radical (unpaired) electrons. The monoisotopic (exact) mass is 396 g/mol. The summed E-state index contributed by atoms with van der Waals surface area (Å²) in [7, 11) is 1.80. The van der Waals surface area contributed by atoms with Crippen LogP contribution in [0, 0.1) is 0 Å². The summed E-state index contributed by atoms with van der Waals surface area (Å²) in [5, 5.41) is 4.78. The predicted molar refractivity (Wildman–Crippen MR) is 108 cm³/mol. The number of nitrogen functional groups attached to an aromatic ring is 1. The molecule has 7 nitrogen and oxygen atoms in total. The summed E-state index contributed by atoms with van der Waals surface area (Å²) in [5.41, 5.74) is 9.27. The molecule has 0 aliphatic carbocycles. The topological polar surface area (TPSA) is 89.9 Å². The summed E-state index contributed by atoms with van der Waals surface area (Å²) in [6.07, 6.45) is 6.94. The second-order valence-corrected chi connectivity index (χ2v) is 7.46. The normalized spacial score (nSPS) is 16.9. The number of nitrogens with two attached hydrogens (primary N) is 1. The molecule has 1 atom stereocenters. The van der Waals surface area contributed by atoms with E-state index in [9.17, 15) is 4.79 Å². The maximum Gasteiger partial charge on any atom is 0.257 e. The van der Waals surface area contributed by atoms with Crippen molar-refractivity contribution in [1.29, 1.82) is 0 Å². The first kappa shape index (κ1) is 18.4. The molecule has 1 saturated heterocycles. The Bertz CT molecular complexity index is 1000. The number of anilines is 1. The average Bonchev–Trinajstić information content (AvgIpc) is 3.14. The van der Waals surface area contributed by atoms with E-state index < -0.39 is 0 Å². The number of carbonyl (C=O) groups is 1. The van der Waals surface area contributed by atoms with E-state index in [0.717, 1.165) is 36.2 Å². The molecule has 8 heteroatoms. The summed E-state index contributed by atoms with van der Waals surface area (Å²) < 4.78 is 1.64. The lowest BCUT2D eigenvalue weighted by atomic mass is 9.89. The van der Waals surface area contributed by atoms with Crippen LogP contribution in [0.15, 0.2) is 42.9 Å². The zero-order chi connectivity index (χ0) is 19.7. The lowest BCUT2D eigenvalue weighted by Gasteiger charge is -2.33. The molecule has 0 spiro atoms. The highest BCUT2D eigenvalue weighted by atomic mass is 35.5. The van der Waals surface area contributed by atoms with Gasteiger partial charge in [0.05, 0.1) is 17.5 Å². The van der Waals surface area contributed by atoms with Gasteiger partial charge in [-0.3, -0.25) is 9.48 Å². The molecule has 1 amide bonds. The van der Waals surface area contributed by atoms with Crippen LogP contribution in [0.4, 0.5) is 5.95 Å². The second kappa shape index (κ2) is 7.59. The van der Waals surface area contributed by atoms with Gasteiger partial charge in [-0.25, -0.2) is 9.97 Å². The third-order valence-corrected chi connectivity index (χ3v) is 5.29. The first-order valence-electron chi connectivity index (χ1n) is 9.17. The Hall–Kier alpha value is -2.93. The van der Waals surface area contributed by atoms with Gasteiger partial charge in [0.15, 0.2) is 0 Å². The minimum atomic E-state index is -0.00660. The predicted octanol–water partition coefficient (Wildman–Crippen LogP) is 3.13. The van der Waals surface area contributed by atoms with Crippen LogP contribution in [0.2, 0.25) is 5.02 Å². The van der Waals surface area contributed by atoms with Crippen LogP contribution in [0.3, 0.4) is 0 Å². The van der Waals surface area contributed by atoms with Crippen molar-refractivity contribution in [2.75, 3.05) is 18.8 Å². The fourth-order valence-electron chi connectivity index (χ4n) is 3.67. The number of hydrogen-bond donors (Lipinski definition) is 1. The van der Waals surface area contributed by atoms with Crippen molar-refractivity contribution in [3.8, 4) is 11.1 Å². The standard InChI is InChI=1S/C20H21ClN6O/c1-26-11-15(9-24-26)19(28)27-8-2-3-14(12-27)18-17(10-23-20(22)25-18)13-4-6-16(21)7-5-13/h4-7,9-11,14H,2-3,8,12H2,1H3,(H2,22,23,25)/t14-/m1/s1. The maximum absolute atomic E-state index is 12.8. The second-order valence-electron chi connectivity index (χ2n) is 7.03. The van der Waals surface area contributed by atoms with E-state index in [4.69, 9.17) is 17.3 Å². The number of hydrogen-bond acceptors (Lipinski definition) is 5. The summed E-state index contributed by atoms with van der Waals surface area (Å²) in [5.74, 6) is 0.321. The van der Waals surface area contributed by atoms with Crippen molar-refractivity contribution in [1.82, 2.24) is 24.6 Å². The minimum Gasteiger partial charge on any atom is -0.368 e. The SMILES string of the molecule is Cn1cc(C(=O)N2CCC[C@@H](c3nc(N)ncc3-c3ccc(Cl)cc3)C2)cn1. The molecule has 144 valence electrons. The molecule has 2 N–H and O–H groups in total. The number of piperidine rings is 1. The Morgan fingerprint density at radius 2 is 2.04 bits per heavy atom. The quantitative estimate of drug-likeness (QED) is 0.734. The lowest BCUT2D eigenvalue weighted by molar-refractivity contribution is 0.0706. The van der Waals surface area contributed by atoms with Gasteiger partial charge in [0.1, 0.15) is 0 Å². The fourth-order valence-corrected chi connectivity index (χ4v) is 3.80. The van der Waals surface area contributed by atoms with E-state index in [1.165, 1.54) is 0 Å². The third kappa shape index (κ3) is 3.71. The molecule has 1 fully saturated rings. The number of nitrogens with zero attached hydrogens (tertiary/aromatic N) is 5. The highest BCUT2D eigenvalue weighted by Gasteiger charge is 2.29. The molecule has 28 heavy (non-hydrogen) atoms. The molecule has 3 heterocycles. The zero-order valence-electron chi connectivity index (χ0n) is 15.5. The van der Waals surface area contributed by atoms with Gasteiger partial charge in [-0.05, 0) is 30.5 Å². The Balaban J connectivity index is 1.64. The molecule has 4 rings (SSSR count). The zero-order valence-corrected chi connectivity index (χ0v) is 16.3. The van der Waals surface area contributed by atoms with Gasteiger partial charge >= 0.3 is 0 Å². The first-order valence-corrected chi connectivity index (χ1v) is 9.55. The molecule has 2 aromatic heterocycles. The van der Waals surface area contributed by atoms with Crippen LogP contribution in [0.5, 0.6) is 0 Å². The number of carbonyl (C=O) groups excluding carboxylic acids is 1. The molecule has 1 aliphatic rings. The van der Waals surface area contributed by atoms with Crippen molar-refractivity contribution >= 4 is 23.5 Å². The van der Waals surface area contributed by atoms with Crippen molar-refractivity contribution < 1.29 is 4.79 Å². The molecule has 1 aliphatic heterocycles. The highest BCUT2D eigenvalue weighted by Crippen LogP contribution is 2.34. The van der Waals surface area contributed by atoms with Crippen LogP contribution in [0.25, 0.3) is 11.1 Å². The van der Waals surface area contributed by atoms with E-state index >= 15 is 0 Å². The van der Waals surface area contributed by atoms with E-state index in [1.54, 1.807) is 30.3 Å². The summed E-state index contributed by atoms with van der Waals surface area (Å²) in [6, 6.07) is 7.58. The van der Waals surface area contributed by atoms with E-state index in [-0.39, 0.29) is 17.8 Å². The summed E-state index contributed by atoms with van der Waals surface area (Å²) in [4.78, 5) is 23.4. The smallest absolute Gasteiger partial charge is 0.257 e. The first-order chi connectivity index (χ1) is 13.5. The van der Waals surface area contributed by atoms with Crippen molar-refractivity contribution in [2.24, 2.45) is 7.05 Å². The number of halogens is 1. The molecule has 3 aromatic rings. The fraction of sp³-hybridized carbons (Fsp3) is 0.300. The van der Waals surface area contributed by atoms with Crippen molar-refractivity contribution in [3.63, 3.8) is 0 Å². The number of likely N-dealkylation sites (tertiary alicyclic amines) is 1. The Kier molecular flexibility index (Phi) is 5.00. The van der Waals surface area contributed by atoms with E-state index in [0.29, 0.717) is 17.1 Å². The average molecular weight is 397 g/mol.